The van der Waals surface area contributed by atoms with E-state index in [0.717, 1.165) is 35.4 Å². The van der Waals surface area contributed by atoms with Crippen LogP contribution in [0.3, 0.4) is 0 Å². The van der Waals surface area contributed by atoms with Crippen LogP contribution in [0.15, 0.2) is 18.3 Å². The molecular weight excluding hydrogens is 210 g/mol. The van der Waals surface area contributed by atoms with Crippen molar-refractivity contribution in [3.8, 4) is 0 Å². The normalized spacial score (nSPS) is 15.6. The first-order valence-electron chi connectivity index (χ1n) is 5.25. The van der Waals surface area contributed by atoms with Crippen LogP contribution in [0.4, 0.5) is 0 Å². The second kappa shape index (κ2) is 4.37. The van der Waals surface area contributed by atoms with Crippen LogP contribution in [-0.2, 0) is 6.54 Å². The van der Waals surface area contributed by atoms with E-state index in [4.69, 9.17) is 11.6 Å². The molecule has 4 heteroatoms. The van der Waals surface area contributed by atoms with Crippen LogP contribution >= 0.6 is 11.6 Å². The molecular formula is C11H16ClN3. The highest BCUT2D eigenvalue weighted by Crippen LogP contribution is 2.19. The first-order valence-corrected chi connectivity index (χ1v) is 5.62. The molecule has 0 radical (unpaired) electrons. The van der Waals surface area contributed by atoms with Crippen molar-refractivity contribution in [2.75, 3.05) is 6.54 Å². The number of hydrogen-bond donors (Lipinski definition) is 1. The van der Waals surface area contributed by atoms with Crippen LogP contribution in [0, 0.1) is 6.92 Å². The third kappa shape index (κ3) is 2.83. The Balaban J connectivity index is 1.84. The van der Waals surface area contributed by atoms with E-state index >= 15 is 0 Å². The van der Waals surface area contributed by atoms with Gasteiger partial charge in [-0.3, -0.25) is 4.68 Å². The van der Waals surface area contributed by atoms with Crippen molar-refractivity contribution in [2.45, 2.75) is 32.4 Å². The summed E-state index contributed by atoms with van der Waals surface area (Å²) in [4.78, 5) is 0. The third-order valence-electron chi connectivity index (χ3n) is 2.63. The van der Waals surface area contributed by atoms with E-state index in [-0.39, 0.29) is 0 Å². The van der Waals surface area contributed by atoms with Crippen molar-refractivity contribution in [3.05, 3.63) is 29.1 Å². The molecule has 0 aromatic carbocycles. The second-order valence-corrected chi connectivity index (χ2v) is 4.55. The van der Waals surface area contributed by atoms with E-state index in [2.05, 4.69) is 17.0 Å². The van der Waals surface area contributed by atoms with E-state index in [0.29, 0.717) is 0 Å². The van der Waals surface area contributed by atoms with E-state index < -0.39 is 0 Å². The summed E-state index contributed by atoms with van der Waals surface area (Å²) in [5, 5.41) is 8.34. The molecule has 1 aliphatic carbocycles. The molecule has 0 saturated heterocycles. The highest BCUT2D eigenvalue weighted by Gasteiger charge is 2.20. The van der Waals surface area contributed by atoms with Gasteiger partial charge in [-0.1, -0.05) is 18.2 Å². The molecule has 3 nitrogen and oxygen atoms in total. The zero-order chi connectivity index (χ0) is 10.8. The zero-order valence-electron chi connectivity index (χ0n) is 8.96. The third-order valence-corrected chi connectivity index (χ3v) is 3.01. The first kappa shape index (κ1) is 10.7. The molecule has 0 aliphatic heterocycles. The van der Waals surface area contributed by atoms with Gasteiger partial charge in [0.1, 0.15) is 0 Å². The molecule has 1 fully saturated rings. The number of hydrogen-bond acceptors (Lipinski definition) is 2. The minimum absolute atomic E-state index is 0.720. The molecule has 1 aromatic heterocycles. The van der Waals surface area contributed by atoms with Gasteiger partial charge >= 0.3 is 0 Å². The summed E-state index contributed by atoms with van der Waals surface area (Å²) in [7, 11) is 0. The average Bonchev–Trinajstić information content (AvgIpc) is 2.98. The van der Waals surface area contributed by atoms with E-state index in [1.807, 2.05) is 11.6 Å². The standard InChI is InChI=1S/C11H16ClN3/c1-8(5-13-10-3-4-10)7-15-9(2)11(12)6-14-15/h6,10,13H,1,3-5,7H2,2H3. The molecule has 1 aromatic rings. The minimum Gasteiger partial charge on any atom is -0.310 e. The Morgan fingerprint density at radius 2 is 2.47 bits per heavy atom. The maximum atomic E-state index is 5.92. The van der Waals surface area contributed by atoms with Crippen molar-refractivity contribution in [1.29, 1.82) is 0 Å². The van der Waals surface area contributed by atoms with Crippen molar-refractivity contribution in [2.24, 2.45) is 0 Å². The fraction of sp³-hybridized carbons (Fsp3) is 0.545. The van der Waals surface area contributed by atoms with Crippen LogP contribution in [0.25, 0.3) is 0 Å². The first-order chi connectivity index (χ1) is 7.16. The number of nitrogens with zero attached hydrogens (tertiary/aromatic N) is 2. The fourth-order valence-electron chi connectivity index (χ4n) is 1.43. The molecule has 1 N–H and O–H groups in total. The van der Waals surface area contributed by atoms with Crippen molar-refractivity contribution in [3.63, 3.8) is 0 Å². The summed E-state index contributed by atoms with van der Waals surface area (Å²) in [6, 6.07) is 0.726. The maximum Gasteiger partial charge on any atom is 0.0815 e. The van der Waals surface area contributed by atoms with Crippen molar-refractivity contribution in [1.82, 2.24) is 15.1 Å². The Kier molecular flexibility index (Phi) is 3.12. The topological polar surface area (TPSA) is 29.9 Å². The summed E-state index contributed by atoms with van der Waals surface area (Å²) in [5.41, 5.74) is 2.15. The van der Waals surface area contributed by atoms with Crippen molar-refractivity contribution < 1.29 is 0 Å². The van der Waals surface area contributed by atoms with Crippen LogP contribution in [0.1, 0.15) is 18.5 Å². The van der Waals surface area contributed by atoms with Gasteiger partial charge in [-0.05, 0) is 25.3 Å². The van der Waals surface area contributed by atoms with Gasteiger partial charge in [0.15, 0.2) is 0 Å². The number of halogens is 1. The molecule has 0 atom stereocenters. The van der Waals surface area contributed by atoms with Crippen LogP contribution < -0.4 is 5.32 Å². The molecule has 0 amide bonds. The number of rotatable bonds is 5. The highest BCUT2D eigenvalue weighted by atomic mass is 35.5. The predicted octanol–water partition coefficient (Wildman–Crippen LogP) is 2.15. The van der Waals surface area contributed by atoms with Gasteiger partial charge < -0.3 is 5.32 Å². The summed E-state index contributed by atoms with van der Waals surface area (Å²) < 4.78 is 1.89. The molecule has 0 bridgehead atoms. The molecule has 82 valence electrons. The van der Waals surface area contributed by atoms with E-state index in [9.17, 15) is 0 Å². The van der Waals surface area contributed by atoms with E-state index in [1.54, 1.807) is 6.20 Å². The lowest BCUT2D eigenvalue weighted by atomic mass is 10.3. The van der Waals surface area contributed by atoms with Gasteiger partial charge in [-0.25, -0.2) is 0 Å². The van der Waals surface area contributed by atoms with Crippen LogP contribution in [0.2, 0.25) is 5.02 Å². The molecule has 1 heterocycles. The van der Waals surface area contributed by atoms with E-state index in [1.165, 1.54) is 12.8 Å². The van der Waals surface area contributed by atoms with Gasteiger partial charge in [0.05, 0.1) is 23.5 Å². The Bertz CT molecular complexity index is 366. The Morgan fingerprint density at radius 1 is 1.73 bits per heavy atom. The second-order valence-electron chi connectivity index (χ2n) is 4.14. The Hall–Kier alpha value is -0.800. The summed E-state index contributed by atoms with van der Waals surface area (Å²) in [6.07, 6.45) is 4.29. The lowest BCUT2D eigenvalue weighted by molar-refractivity contribution is 0.622. The Labute approximate surface area is 95.1 Å². The maximum absolute atomic E-state index is 5.92. The molecule has 15 heavy (non-hydrogen) atoms. The minimum atomic E-state index is 0.720. The van der Waals surface area contributed by atoms with Gasteiger partial charge in [-0.2, -0.15) is 5.10 Å². The molecule has 0 unspecified atom stereocenters. The number of aromatic nitrogens is 2. The summed E-state index contributed by atoms with van der Waals surface area (Å²) in [6.45, 7) is 7.63. The summed E-state index contributed by atoms with van der Waals surface area (Å²) >= 11 is 5.92. The van der Waals surface area contributed by atoms with Crippen LogP contribution in [-0.4, -0.2) is 22.4 Å². The number of nitrogens with one attached hydrogen (secondary N) is 1. The smallest absolute Gasteiger partial charge is 0.0815 e. The molecule has 1 saturated carbocycles. The monoisotopic (exact) mass is 225 g/mol. The fourth-order valence-corrected chi connectivity index (χ4v) is 1.57. The molecule has 2 rings (SSSR count). The largest absolute Gasteiger partial charge is 0.310 e. The van der Waals surface area contributed by atoms with Crippen LogP contribution in [0.5, 0.6) is 0 Å². The van der Waals surface area contributed by atoms with Gasteiger partial charge in [0.2, 0.25) is 0 Å². The lowest BCUT2D eigenvalue weighted by Crippen LogP contribution is -2.21. The van der Waals surface area contributed by atoms with Crippen molar-refractivity contribution >= 4 is 11.6 Å². The van der Waals surface area contributed by atoms with Gasteiger partial charge in [-0.15, -0.1) is 0 Å². The Morgan fingerprint density at radius 3 is 3.00 bits per heavy atom. The quantitative estimate of drug-likeness (QED) is 0.779. The predicted molar refractivity (Wildman–Crippen MR) is 62.1 cm³/mol. The lowest BCUT2D eigenvalue weighted by Gasteiger charge is -2.08. The SMILES string of the molecule is C=C(CNC1CC1)Cn1ncc(Cl)c1C. The summed E-state index contributed by atoms with van der Waals surface area (Å²) in [5.74, 6) is 0. The average molecular weight is 226 g/mol. The molecule has 0 spiro atoms. The van der Waals surface area contributed by atoms with Gasteiger partial charge in [0.25, 0.3) is 0 Å². The highest BCUT2D eigenvalue weighted by molar-refractivity contribution is 6.31. The molecule has 1 aliphatic rings. The zero-order valence-corrected chi connectivity index (χ0v) is 9.72. The van der Waals surface area contributed by atoms with Gasteiger partial charge in [0, 0.05) is 12.6 Å².